The molecule has 0 saturated carbocycles. The lowest BCUT2D eigenvalue weighted by Gasteiger charge is -2.16. The second kappa shape index (κ2) is 5.52. The maximum Gasteiger partial charge on any atom is 0.0569 e. The van der Waals surface area contributed by atoms with Gasteiger partial charge in [-0.25, -0.2) is 5.84 Å². The number of anilines is 1. The monoisotopic (exact) mass is 230 g/mol. The first-order chi connectivity index (χ1) is 8.31. The molecular formula is C13H18N4. The van der Waals surface area contributed by atoms with Crippen LogP contribution in [0.2, 0.25) is 0 Å². The largest absolute Gasteiger partial charge is 0.403 e. The molecular weight excluding hydrogens is 212 g/mol. The lowest BCUT2D eigenvalue weighted by Crippen LogP contribution is -2.24. The van der Waals surface area contributed by atoms with Crippen LogP contribution < -0.4 is 21.9 Å². The Hall–Kier alpha value is -1.78. The van der Waals surface area contributed by atoms with Gasteiger partial charge in [-0.05, 0) is 36.2 Å². The molecule has 0 unspecified atom stereocenters. The van der Waals surface area contributed by atoms with E-state index in [2.05, 4.69) is 23.5 Å². The third-order valence-corrected chi connectivity index (χ3v) is 2.85. The molecule has 90 valence electrons. The zero-order valence-corrected chi connectivity index (χ0v) is 9.76. The van der Waals surface area contributed by atoms with E-state index < -0.39 is 0 Å². The van der Waals surface area contributed by atoms with Crippen molar-refractivity contribution >= 4 is 11.3 Å². The Morgan fingerprint density at radius 2 is 2.00 bits per heavy atom. The van der Waals surface area contributed by atoms with E-state index in [1.165, 1.54) is 22.3 Å². The molecule has 0 radical (unpaired) electrons. The van der Waals surface area contributed by atoms with Gasteiger partial charge >= 0.3 is 0 Å². The van der Waals surface area contributed by atoms with Crippen molar-refractivity contribution in [3.8, 4) is 0 Å². The molecule has 4 nitrogen and oxygen atoms in total. The summed E-state index contributed by atoms with van der Waals surface area (Å²) in [5.74, 6) is 5.78. The minimum absolute atomic E-state index is 0.921. The molecule has 0 aliphatic carbocycles. The van der Waals surface area contributed by atoms with Crippen LogP contribution >= 0.6 is 0 Å². The highest BCUT2D eigenvalue weighted by Crippen LogP contribution is 2.22. The van der Waals surface area contributed by atoms with Gasteiger partial charge in [-0.1, -0.05) is 18.2 Å². The first kappa shape index (κ1) is 11.7. The van der Waals surface area contributed by atoms with Gasteiger partial charge in [0.2, 0.25) is 0 Å². The molecule has 0 aromatic heterocycles. The molecule has 1 aliphatic rings. The molecule has 0 fully saturated rings. The van der Waals surface area contributed by atoms with Gasteiger partial charge in [0.1, 0.15) is 0 Å². The van der Waals surface area contributed by atoms with Gasteiger partial charge in [0.25, 0.3) is 0 Å². The topological polar surface area (TPSA) is 67.3 Å². The van der Waals surface area contributed by atoms with Crippen LogP contribution in [0.25, 0.3) is 5.57 Å². The molecule has 1 aromatic rings. The maximum atomic E-state index is 5.78. The molecule has 0 bridgehead atoms. The standard InChI is InChI=1S/C13H18N4/c14-7-10-17(15)13-3-1-11(2-4-13)12-5-8-16-9-6-12/h1-5,7,10,16H,6,8-9,14-15H2/b10-7-. The van der Waals surface area contributed by atoms with Crippen LogP contribution in [-0.4, -0.2) is 13.1 Å². The second-order valence-corrected chi connectivity index (χ2v) is 3.98. The van der Waals surface area contributed by atoms with Gasteiger partial charge < -0.3 is 11.1 Å². The third kappa shape index (κ3) is 2.87. The Bertz CT molecular complexity index is 420. The zero-order chi connectivity index (χ0) is 12.1. The van der Waals surface area contributed by atoms with Gasteiger partial charge in [0.15, 0.2) is 0 Å². The normalized spacial score (nSPS) is 15.9. The fourth-order valence-electron chi connectivity index (χ4n) is 1.91. The van der Waals surface area contributed by atoms with Crippen molar-refractivity contribution in [1.29, 1.82) is 0 Å². The van der Waals surface area contributed by atoms with Gasteiger partial charge in [-0.3, -0.25) is 5.01 Å². The molecule has 4 heteroatoms. The quantitative estimate of drug-likeness (QED) is 0.538. The Morgan fingerprint density at radius 3 is 2.59 bits per heavy atom. The number of benzene rings is 1. The van der Waals surface area contributed by atoms with E-state index in [4.69, 9.17) is 11.6 Å². The number of nitrogens with one attached hydrogen (secondary N) is 1. The van der Waals surface area contributed by atoms with Crippen molar-refractivity contribution in [3.63, 3.8) is 0 Å². The number of nitrogens with zero attached hydrogens (tertiary/aromatic N) is 1. The summed E-state index contributed by atoms with van der Waals surface area (Å²) in [6.07, 6.45) is 6.36. The van der Waals surface area contributed by atoms with Gasteiger partial charge in [0, 0.05) is 18.9 Å². The van der Waals surface area contributed by atoms with Crippen molar-refractivity contribution in [2.75, 3.05) is 18.1 Å². The van der Waals surface area contributed by atoms with Gasteiger partial charge in [0.05, 0.1) is 5.69 Å². The van der Waals surface area contributed by atoms with Crippen LogP contribution in [0.1, 0.15) is 12.0 Å². The second-order valence-electron chi connectivity index (χ2n) is 3.98. The SMILES string of the molecule is N/C=C\N(N)c1ccc(C2=CCNCC2)cc1. The average Bonchev–Trinajstić information content (AvgIpc) is 2.40. The summed E-state index contributed by atoms with van der Waals surface area (Å²) >= 11 is 0. The van der Waals surface area contributed by atoms with Crippen molar-refractivity contribution in [2.24, 2.45) is 11.6 Å². The molecule has 0 amide bonds. The summed E-state index contributed by atoms with van der Waals surface area (Å²) in [6, 6.07) is 8.18. The fraction of sp³-hybridized carbons (Fsp3) is 0.231. The van der Waals surface area contributed by atoms with Gasteiger partial charge in [-0.2, -0.15) is 0 Å². The first-order valence-electron chi connectivity index (χ1n) is 5.74. The zero-order valence-electron chi connectivity index (χ0n) is 9.76. The van der Waals surface area contributed by atoms with E-state index in [1.807, 2.05) is 12.1 Å². The van der Waals surface area contributed by atoms with Crippen LogP contribution in [0, 0.1) is 0 Å². The smallest absolute Gasteiger partial charge is 0.0569 e. The highest BCUT2D eigenvalue weighted by molar-refractivity contribution is 5.68. The Labute approximate surface area is 102 Å². The van der Waals surface area contributed by atoms with Crippen molar-refractivity contribution in [3.05, 3.63) is 48.3 Å². The minimum atomic E-state index is 0.921. The molecule has 0 atom stereocenters. The Balaban J connectivity index is 2.15. The number of hydrogen-bond acceptors (Lipinski definition) is 4. The predicted molar refractivity (Wildman–Crippen MR) is 71.9 cm³/mol. The summed E-state index contributed by atoms with van der Waals surface area (Å²) in [5, 5.41) is 4.80. The van der Waals surface area contributed by atoms with E-state index in [0.717, 1.165) is 25.2 Å². The molecule has 5 N–H and O–H groups in total. The number of rotatable bonds is 3. The van der Waals surface area contributed by atoms with Crippen molar-refractivity contribution in [2.45, 2.75) is 6.42 Å². The number of hydrazine groups is 1. The summed E-state index contributed by atoms with van der Waals surface area (Å²) < 4.78 is 0. The summed E-state index contributed by atoms with van der Waals surface area (Å²) in [6.45, 7) is 2.00. The average molecular weight is 230 g/mol. The van der Waals surface area contributed by atoms with E-state index in [9.17, 15) is 0 Å². The lowest BCUT2D eigenvalue weighted by molar-refractivity contribution is 0.738. The van der Waals surface area contributed by atoms with Crippen molar-refractivity contribution < 1.29 is 0 Å². The molecule has 0 spiro atoms. The van der Waals surface area contributed by atoms with Crippen LogP contribution in [0.3, 0.4) is 0 Å². The van der Waals surface area contributed by atoms with Crippen LogP contribution in [-0.2, 0) is 0 Å². The minimum Gasteiger partial charge on any atom is -0.403 e. The maximum absolute atomic E-state index is 5.78. The third-order valence-electron chi connectivity index (χ3n) is 2.85. The molecule has 0 saturated heterocycles. The van der Waals surface area contributed by atoms with Crippen molar-refractivity contribution in [1.82, 2.24) is 5.32 Å². The highest BCUT2D eigenvalue weighted by atomic mass is 15.4. The van der Waals surface area contributed by atoms with Gasteiger partial charge in [-0.15, -0.1) is 0 Å². The first-order valence-corrected chi connectivity index (χ1v) is 5.74. The molecule has 1 aliphatic heterocycles. The Morgan fingerprint density at radius 1 is 1.24 bits per heavy atom. The molecule has 1 heterocycles. The van der Waals surface area contributed by atoms with E-state index in [0.29, 0.717) is 0 Å². The number of hydrogen-bond donors (Lipinski definition) is 3. The van der Waals surface area contributed by atoms with Crippen LogP contribution in [0.15, 0.2) is 42.7 Å². The summed E-state index contributed by atoms with van der Waals surface area (Å²) in [4.78, 5) is 0. The fourth-order valence-corrected chi connectivity index (χ4v) is 1.91. The van der Waals surface area contributed by atoms with Crippen LogP contribution in [0.5, 0.6) is 0 Å². The summed E-state index contributed by atoms with van der Waals surface area (Å²) in [5.41, 5.74) is 8.88. The molecule has 17 heavy (non-hydrogen) atoms. The molecule has 1 aromatic carbocycles. The van der Waals surface area contributed by atoms with Crippen LogP contribution in [0.4, 0.5) is 5.69 Å². The van der Waals surface area contributed by atoms with E-state index >= 15 is 0 Å². The van der Waals surface area contributed by atoms with E-state index in [-0.39, 0.29) is 0 Å². The summed E-state index contributed by atoms with van der Waals surface area (Å²) in [7, 11) is 0. The van der Waals surface area contributed by atoms with E-state index in [1.54, 1.807) is 6.20 Å². The highest BCUT2D eigenvalue weighted by Gasteiger charge is 2.06. The predicted octanol–water partition coefficient (Wildman–Crippen LogP) is 1.17. The lowest BCUT2D eigenvalue weighted by atomic mass is 10.0. The molecule has 2 rings (SSSR count). The Kier molecular flexibility index (Phi) is 3.80. The number of nitrogens with two attached hydrogens (primary N) is 2.